The molecule has 0 atom stereocenters. The Balaban J connectivity index is 1.44. The Morgan fingerprint density at radius 1 is 1.16 bits per heavy atom. The zero-order valence-electron chi connectivity index (χ0n) is 14.3. The van der Waals surface area contributed by atoms with Crippen molar-refractivity contribution in [3.8, 4) is 0 Å². The van der Waals surface area contributed by atoms with Crippen molar-refractivity contribution in [1.29, 1.82) is 0 Å². The normalized spacial score (nSPS) is 20.4. The molecule has 7 heteroatoms. The zero-order valence-corrected chi connectivity index (χ0v) is 16.7. The first kappa shape index (κ1) is 18.7. The maximum Gasteiger partial charge on any atom is 0.279 e. The quantitative estimate of drug-likeness (QED) is 0.637. The van der Waals surface area contributed by atoms with Crippen LogP contribution in [0.5, 0.6) is 0 Å². The molecule has 1 amide bonds. The molecule has 0 radical (unpaired) electrons. The number of halogens is 1. The minimum atomic E-state index is 0.102. The second-order valence-electron chi connectivity index (χ2n) is 6.31. The molecule has 3 rings (SSSR count). The zero-order chi connectivity index (χ0) is 17.6. The van der Waals surface area contributed by atoms with Crippen LogP contribution in [-0.2, 0) is 11.3 Å². The van der Waals surface area contributed by atoms with Gasteiger partial charge in [-0.25, -0.2) is 0 Å². The standard InChI is InChI=1S/C18H22ClN3OS2/c1-24-16-5-3-2-4-15(16)20-18(23)13-22-10-8-21(9-11-22)12-14-6-7-17(19)25-14/h2-7H,8-13H2,1H3,(H,20,23)/p+2. The van der Waals surface area contributed by atoms with E-state index >= 15 is 0 Å². The fourth-order valence-electron chi connectivity index (χ4n) is 3.17. The van der Waals surface area contributed by atoms with Gasteiger partial charge in [-0.05, 0) is 30.5 Å². The Kier molecular flexibility index (Phi) is 6.78. The van der Waals surface area contributed by atoms with Crippen LogP contribution in [0.4, 0.5) is 5.69 Å². The molecular weight excluding hydrogens is 374 g/mol. The number of hydrogen-bond acceptors (Lipinski definition) is 3. The maximum absolute atomic E-state index is 12.4. The van der Waals surface area contributed by atoms with Gasteiger partial charge in [0.05, 0.1) is 14.9 Å². The van der Waals surface area contributed by atoms with Gasteiger partial charge < -0.3 is 15.1 Å². The van der Waals surface area contributed by atoms with Gasteiger partial charge in [-0.2, -0.15) is 0 Å². The number of hydrogen-bond donors (Lipinski definition) is 3. The summed E-state index contributed by atoms with van der Waals surface area (Å²) < 4.78 is 0.862. The first-order chi connectivity index (χ1) is 12.1. The number of para-hydroxylation sites is 1. The predicted octanol–water partition coefficient (Wildman–Crippen LogP) is 1.05. The van der Waals surface area contributed by atoms with E-state index in [0.717, 1.165) is 47.6 Å². The van der Waals surface area contributed by atoms with E-state index in [2.05, 4.69) is 11.4 Å². The molecular formula is C18H24ClN3OS2+2. The molecule has 1 saturated heterocycles. The second-order valence-corrected chi connectivity index (χ2v) is 8.96. The highest BCUT2D eigenvalue weighted by molar-refractivity contribution is 7.98. The predicted molar refractivity (Wildman–Crippen MR) is 106 cm³/mol. The van der Waals surface area contributed by atoms with Gasteiger partial charge in [-0.1, -0.05) is 23.7 Å². The molecule has 3 N–H and O–H groups in total. The first-order valence-electron chi connectivity index (χ1n) is 8.48. The van der Waals surface area contributed by atoms with Crippen LogP contribution >= 0.6 is 34.7 Å². The number of thioether (sulfide) groups is 1. The minimum Gasteiger partial charge on any atom is -0.321 e. The van der Waals surface area contributed by atoms with Crippen molar-refractivity contribution in [3.05, 3.63) is 45.6 Å². The first-order valence-corrected chi connectivity index (χ1v) is 10.9. The van der Waals surface area contributed by atoms with Crippen molar-refractivity contribution in [3.63, 3.8) is 0 Å². The number of quaternary nitrogens is 2. The third-order valence-corrected chi connectivity index (χ3v) is 6.54. The molecule has 2 aromatic rings. The Morgan fingerprint density at radius 3 is 2.56 bits per heavy atom. The van der Waals surface area contributed by atoms with E-state index in [1.165, 1.54) is 9.78 Å². The molecule has 2 heterocycles. The van der Waals surface area contributed by atoms with Gasteiger partial charge in [0.15, 0.2) is 6.54 Å². The number of carbonyl (C=O) groups is 1. The molecule has 134 valence electrons. The summed E-state index contributed by atoms with van der Waals surface area (Å²) in [6.07, 6.45) is 2.03. The van der Waals surface area contributed by atoms with Gasteiger partial charge in [-0.3, -0.25) is 4.79 Å². The van der Waals surface area contributed by atoms with E-state index in [4.69, 9.17) is 11.6 Å². The van der Waals surface area contributed by atoms with Gasteiger partial charge in [-0.15, -0.1) is 23.1 Å². The Labute approximate surface area is 162 Å². The lowest BCUT2D eigenvalue weighted by molar-refractivity contribution is -1.01. The van der Waals surface area contributed by atoms with Gasteiger partial charge in [0.1, 0.15) is 32.7 Å². The van der Waals surface area contributed by atoms with Gasteiger partial charge in [0, 0.05) is 4.90 Å². The summed E-state index contributed by atoms with van der Waals surface area (Å²) in [6.45, 7) is 5.84. The highest BCUT2D eigenvalue weighted by Crippen LogP contribution is 2.24. The Morgan fingerprint density at radius 2 is 1.88 bits per heavy atom. The van der Waals surface area contributed by atoms with E-state index in [-0.39, 0.29) is 5.91 Å². The lowest BCUT2D eigenvalue weighted by atomic mass is 10.3. The van der Waals surface area contributed by atoms with Gasteiger partial charge in [0.25, 0.3) is 5.91 Å². The molecule has 0 unspecified atom stereocenters. The van der Waals surface area contributed by atoms with Gasteiger partial charge >= 0.3 is 0 Å². The molecule has 1 aliphatic heterocycles. The van der Waals surface area contributed by atoms with E-state index in [0.29, 0.717) is 6.54 Å². The lowest BCUT2D eigenvalue weighted by Gasteiger charge is -2.29. The highest BCUT2D eigenvalue weighted by Gasteiger charge is 2.25. The van der Waals surface area contributed by atoms with Crippen LogP contribution in [0.15, 0.2) is 41.3 Å². The summed E-state index contributed by atoms with van der Waals surface area (Å²) in [7, 11) is 0. The average molecular weight is 398 g/mol. The SMILES string of the molecule is CSc1ccccc1NC(=O)C[NH+]1CC[NH+](Cc2ccc(Cl)s2)CC1. The number of nitrogens with one attached hydrogen (secondary N) is 3. The van der Waals surface area contributed by atoms with E-state index in [9.17, 15) is 4.79 Å². The molecule has 1 aliphatic rings. The fourth-order valence-corrected chi connectivity index (χ4v) is 4.89. The average Bonchev–Trinajstić information content (AvgIpc) is 3.02. The summed E-state index contributed by atoms with van der Waals surface area (Å²) in [6, 6.07) is 12.0. The molecule has 1 aromatic carbocycles. The van der Waals surface area contributed by atoms with Crippen LogP contribution in [0.1, 0.15) is 4.88 Å². The Bertz CT molecular complexity index is 714. The van der Waals surface area contributed by atoms with Crippen LogP contribution in [-0.4, -0.2) is 44.9 Å². The van der Waals surface area contributed by atoms with Crippen molar-refractivity contribution in [2.75, 3.05) is 44.3 Å². The molecule has 0 bridgehead atoms. The van der Waals surface area contributed by atoms with Crippen molar-refractivity contribution in [2.45, 2.75) is 11.4 Å². The van der Waals surface area contributed by atoms with Crippen molar-refractivity contribution < 1.29 is 14.6 Å². The van der Waals surface area contributed by atoms with E-state index in [1.807, 2.05) is 36.6 Å². The monoisotopic (exact) mass is 397 g/mol. The number of rotatable bonds is 6. The number of anilines is 1. The van der Waals surface area contributed by atoms with Crippen LogP contribution in [0.3, 0.4) is 0 Å². The lowest BCUT2D eigenvalue weighted by Crippen LogP contribution is -3.28. The molecule has 1 aromatic heterocycles. The summed E-state index contributed by atoms with van der Waals surface area (Å²) in [4.78, 5) is 17.8. The van der Waals surface area contributed by atoms with E-state index in [1.54, 1.807) is 28.0 Å². The molecule has 25 heavy (non-hydrogen) atoms. The number of carbonyl (C=O) groups excluding carboxylic acids is 1. The summed E-state index contributed by atoms with van der Waals surface area (Å²) in [5, 5.41) is 3.06. The third-order valence-electron chi connectivity index (χ3n) is 4.51. The molecule has 0 saturated carbocycles. The minimum absolute atomic E-state index is 0.102. The molecule has 0 aliphatic carbocycles. The number of thiophene rings is 1. The summed E-state index contributed by atoms with van der Waals surface area (Å²) >= 11 is 9.33. The number of amides is 1. The van der Waals surface area contributed by atoms with Crippen LogP contribution in [0, 0.1) is 0 Å². The highest BCUT2D eigenvalue weighted by atomic mass is 35.5. The van der Waals surface area contributed by atoms with Crippen LogP contribution in [0.2, 0.25) is 4.34 Å². The number of piperazine rings is 1. The van der Waals surface area contributed by atoms with Crippen molar-refractivity contribution >= 4 is 46.3 Å². The topological polar surface area (TPSA) is 38.0 Å². The summed E-state index contributed by atoms with van der Waals surface area (Å²) in [5.74, 6) is 0.102. The molecule has 1 fully saturated rings. The fraction of sp³-hybridized carbons (Fsp3) is 0.389. The smallest absolute Gasteiger partial charge is 0.279 e. The van der Waals surface area contributed by atoms with Gasteiger partial charge in [0.2, 0.25) is 0 Å². The van der Waals surface area contributed by atoms with Crippen LogP contribution < -0.4 is 15.1 Å². The maximum atomic E-state index is 12.4. The second kappa shape index (κ2) is 9.05. The molecule has 0 spiro atoms. The third kappa shape index (κ3) is 5.46. The number of benzene rings is 1. The summed E-state index contributed by atoms with van der Waals surface area (Å²) in [5.41, 5.74) is 0.915. The van der Waals surface area contributed by atoms with Crippen molar-refractivity contribution in [2.24, 2.45) is 0 Å². The molecule has 4 nitrogen and oxygen atoms in total. The van der Waals surface area contributed by atoms with Crippen molar-refractivity contribution in [1.82, 2.24) is 0 Å². The van der Waals surface area contributed by atoms with E-state index < -0.39 is 0 Å². The van der Waals surface area contributed by atoms with Crippen LogP contribution in [0.25, 0.3) is 0 Å². The largest absolute Gasteiger partial charge is 0.321 e. The Hall–Kier alpha value is -1.05.